The van der Waals surface area contributed by atoms with Crippen LogP contribution in [0.3, 0.4) is 0 Å². The molecule has 0 bridgehead atoms. The minimum Gasteiger partial charge on any atom is -0.312 e. The van der Waals surface area contributed by atoms with Crippen molar-refractivity contribution in [2.75, 3.05) is 6.54 Å². The van der Waals surface area contributed by atoms with E-state index in [4.69, 9.17) is 0 Å². The molecule has 3 rings (SSSR count). The Labute approximate surface area is 132 Å². The largest absolute Gasteiger partial charge is 0.312 e. The molecule has 0 aliphatic rings. The van der Waals surface area contributed by atoms with E-state index in [9.17, 15) is 8.78 Å². The van der Waals surface area contributed by atoms with E-state index < -0.39 is 11.6 Å². The van der Waals surface area contributed by atoms with E-state index in [0.717, 1.165) is 11.3 Å². The van der Waals surface area contributed by atoms with E-state index >= 15 is 0 Å². The van der Waals surface area contributed by atoms with Crippen LogP contribution in [0.4, 0.5) is 8.78 Å². The fourth-order valence-electron chi connectivity index (χ4n) is 2.33. The fraction of sp³-hybridized carbons (Fsp3) is 0.176. The highest BCUT2D eigenvalue weighted by Crippen LogP contribution is 2.12. The Morgan fingerprint density at radius 2 is 1.74 bits per heavy atom. The Morgan fingerprint density at radius 1 is 1.00 bits per heavy atom. The summed E-state index contributed by atoms with van der Waals surface area (Å²) in [6.07, 6.45) is 3.43. The summed E-state index contributed by atoms with van der Waals surface area (Å²) in [6.45, 7) is 1.14. The van der Waals surface area contributed by atoms with Gasteiger partial charge in [0.2, 0.25) is 0 Å². The SMILES string of the molecule is Fc1cccc(F)c1CCNCc1ccc(-n2cncn2)cc1. The van der Waals surface area contributed by atoms with Gasteiger partial charge in [0.25, 0.3) is 0 Å². The van der Waals surface area contributed by atoms with Crippen LogP contribution in [-0.2, 0) is 13.0 Å². The van der Waals surface area contributed by atoms with Crippen molar-refractivity contribution in [3.05, 3.63) is 77.9 Å². The van der Waals surface area contributed by atoms with Crippen LogP contribution in [0.25, 0.3) is 5.69 Å². The zero-order chi connectivity index (χ0) is 16.1. The summed E-state index contributed by atoms with van der Waals surface area (Å²) in [7, 11) is 0. The lowest BCUT2D eigenvalue weighted by Crippen LogP contribution is -2.17. The molecule has 0 unspecified atom stereocenters. The normalized spacial score (nSPS) is 10.9. The van der Waals surface area contributed by atoms with Crippen molar-refractivity contribution >= 4 is 0 Å². The maximum absolute atomic E-state index is 13.5. The molecule has 0 atom stereocenters. The number of aromatic nitrogens is 3. The van der Waals surface area contributed by atoms with Gasteiger partial charge in [-0.25, -0.2) is 18.4 Å². The van der Waals surface area contributed by atoms with Crippen molar-refractivity contribution in [2.45, 2.75) is 13.0 Å². The highest BCUT2D eigenvalue weighted by Gasteiger charge is 2.07. The molecule has 0 saturated heterocycles. The third-order valence-electron chi connectivity index (χ3n) is 3.56. The maximum atomic E-state index is 13.5. The van der Waals surface area contributed by atoms with Gasteiger partial charge in [-0.1, -0.05) is 18.2 Å². The number of hydrogen-bond donors (Lipinski definition) is 1. The highest BCUT2D eigenvalue weighted by atomic mass is 19.1. The smallest absolute Gasteiger partial charge is 0.138 e. The number of benzene rings is 2. The molecule has 6 heteroatoms. The quantitative estimate of drug-likeness (QED) is 0.712. The monoisotopic (exact) mass is 314 g/mol. The summed E-state index contributed by atoms with van der Waals surface area (Å²) >= 11 is 0. The Bertz CT molecular complexity index is 735. The molecule has 1 heterocycles. The lowest BCUT2D eigenvalue weighted by atomic mass is 10.1. The second-order valence-corrected chi connectivity index (χ2v) is 5.13. The molecule has 1 N–H and O–H groups in total. The second kappa shape index (κ2) is 7.11. The third kappa shape index (κ3) is 3.78. The first kappa shape index (κ1) is 15.3. The second-order valence-electron chi connectivity index (χ2n) is 5.13. The van der Waals surface area contributed by atoms with Crippen LogP contribution < -0.4 is 5.32 Å². The van der Waals surface area contributed by atoms with Crippen molar-refractivity contribution in [1.82, 2.24) is 20.1 Å². The lowest BCUT2D eigenvalue weighted by Gasteiger charge is -2.08. The van der Waals surface area contributed by atoms with Gasteiger partial charge in [-0.05, 0) is 42.8 Å². The summed E-state index contributed by atoms with van der Waals surface area (Å²) < 4.78 is 28.7. The molecule has 118 valence electrons. The molecule has 0 fully saturated rings. The summed E-state index contributed by atoms with van der Waals surface area (Å²) in [4.78, 5) is 3.90. The maximum Gasteiger partial charge on any atom is 0.138 e. The van der Waals surface area contributed by atoms with Crippen LogP contribution >= 0.6 is 0 Å². The van der Waals surface area contributed by atoms with Crippen molar-refractivity contribution in [3.8, 4) is 5.69 Å². The van der Waals surface area contributed by atoms with Gasteiger partial charge < -0.3 is 5.32 Å². The van der Waals surface area contributed by atoms with Crippen molar-refractivity contribution in [2.24, 2.45) is 0 Å². The first-order valence-corrected chi connectivity index (χ1v) is 7.31. The van der Waals surface area contributed by atoms with Gasteiger partial charge in [-0.2, -0.15) is 5.10 Å². The number of nitrogens with zero attached hydrogens (tertiary/aromatic N) is 3. The topological polar surface area (TPSA) is 42.7 Å². The van der Waals surface area contributed by atoms with Gasteiger partial charge in [-0.3, -0.25) is 0 Å². The van der Waals surface area contributed by atoms with Crippen LogP contribution in [0.15, 0.2) is 55.1 Å². The lowest BCUT2D eigenvalue weighted by molar-refractivity contribution is 0.546. The number of nitrogens with one attached hydrogen (secondary N) is 1. The molecule has 23 heavy (non-hydrogen) atoms. The molecule has 0 aliphatic carbocycles. The van der Waals surface area contributed by atoms with Gasteiger partial charge in [0.1, 0.15) is 24.3 Å². The predicted octanol–water partition coefficient (Wildman–Crippen LogP) is 2.88. The van der Waals surface area contributed by atoms with E-state index in [1.807, 2.05) is 24.3 Å². The predicted molar refractivity (Wildman–Crippen MR) is 83.1 cm³/mol. The molecule has 3 aromatic rings. The van der Waals surface area contributed by atoms with Gasteiger partial charge in [-0.15, -0.1) is 0 Å². The first-order valence-electron chi connectivity index (χ1n) is 7.31. The van der Waals surface area contributed by atoms with Crippen LogP contribution in [0, 0.1) is 11.6 Å². The average molecular weight is 314 g/mol. The van der Waals surface area contributed by atoms with Crippen LogP contribution in [0.5, 0.6) is 0 Å². The molecule has 0 radical (unpaired) electrons. The van der Waals surface area contributed by atoms with Crippen LogP contribution in [-0.4, -0.2) is 21.3 Å². The first-order chi connectivity index (χ1) is 11.2. The minimum atomic E-state index is -0.496. The van der Waals surface area contributed by atoms with Crippen molar-refractivity contribution < 1.29 is 8.78 Å². The molecule has 0 aliphatic heterocycles. The van der Waals surface area contributed by atoms with Gasteiger partial charge >= 0.3 is 0 Å². The Balaban J connectivity index is 1.51. The fourth-order valence-corrected chi connectivity index (χ4v) is 2.33. The zero-order valence-corrected chi connectivity index (χ0v) is 12.4. The Kier molecular flexibility index (Phi) is 4.73. The number of hydrogen-bond acceptors (Lipinski definition) is 3. The summed E-state index contributed by atoms with van der Waals surface area (Å²) in [5.41, 5.74) is 2.14. The van der Waals surface area contributed by atoms with Crippen LogP contribution in [0.1, 0.15) is 11.1 Å². The molecule has 0 saturated carbocycles. The number of halogens is 2. The van der Waals surface area contributed by atoms with Gasteiger partial charge in [0, 0.05) is 12.1 Å². The minimum absolute atomic E-state index is 0.126. The highest BCUT2D eigenvalue weighted by molar-refractivity contribution is 5.33. The Hall–Kier alpha value is -2.60. The van der Waals surface area contributed by atoms with Crippen LogP contribution in [0.2, 0.25) is 0 Å². The van der Waals surface area contributed by atoms with Crippen molar-refractivity contribution in [1.29, 1.82) is 0 Å². The average Bonchev–Trinajstić information content (AvgIpc) is 3.09. The molecule has 0 amide bonds. The van der Waals surface area contributed by atoms with E-state index in [-0.39, 0.29) is 5.56 Å². The van der Waals surface area contributed by atoms with E-state index in [1.165, 1.54) is 24.5 Å². The van der Waals surface area contributed by atoms with Crippen molar-refractivity contribution in [3.63, 3.8) is 0 Å². The standard InChI is InChI=1S/C17H16F2N4/c18-16-2-1-3-17(19)15(16)8-9-20-10-13-4-6-14(7-5-13)23-12-21-11-22-23/h1-7,11-12,20H,8-10H2. The molecule has 0 spiro atoms. The van der Waals surface area contributed by atoms with Gasteiger partial charge in [0.15, 0.2) is 0 Å². The molecule has 2 aromatic carbocycles. The van der Waals surface area contributed by atoms with Gasteiger partial charge in [0.05, 0.1) is 5.69 Å². The molecule has 1 aromatic heterocycles. The zero-order valence-electron chi connectivity index (χ0n) is 12.4. The molecule has 4 nitrogen and oxygen atoms in total. The molecular weight excluding hydrogens is 298 g/mol. The summed E-state index contributed by atoms with van der Waals surface area (Å²) in [5, 5.41) is 7.25. The van der Waals surface area contributed by atoms with E-state index in [2.05, 4.69) is 15.4 Å². The van der Waals surface area contributed by atoms with E-state index in [1.54, 1.807) is 11.0 Å². The summed E-state index contributed by atoms with van der Waals surface area (Å²) in [6, 6.07) is 11.8. The molecular formula is C17H16F2N4. The Morgan fingerprint density at radius 3 is 2.39 bits per heavy atom. The van der Waals surface area contributed by atoms with E-state index in [0.29, 0.717) is 19.5 Å². The number of rotatable bonds is 6. The third-order valence-corrected chi connectivity index (χ3v) is 3.56. The summed E-state index contributed by atoms with van der Waals surface area (Å²) in [5.74, 6) is -0.993.